The number of nitrogens with zero attached hydrogens (tertiary/aromatic N) is 2. The highest BCUT2D eigenvalue weighted by Gasteiger charge is 2.14. The van der Waals surface area contributed by atoms with E-state index in [1.807, 2.05) is 7.05 Å². The Morgan fingerprint density at radius 3 is 2.72 bits per heavy atom. The van der Waals surface area contributed by atoms with Crippen LogP contribution in [0.25, 0.3) is 0 Å². The number of hydrogen-bond acceptors (Lipinski definition) is 3. The minimum Gasteiger partial charge on any atom is -0.372 e. The van der Waals surface area contributed by atoms with Crippen molar-refractivity contribution in [3.63, 3.8) is 0 Å². The molecule has 1 fully saturated rings. The van der Waals surface area contributed by atoms with Gasteiger partial charge in [-0.1, -0.05) is 18.2 Å². The Morgan fingerprint density at radius 1 is 1.24 bits per heavy atom. The summed E-state index contributed by atoms with van der Waals surface area (Å²) in [6.45, 7) is 5.34. The summed E-state index contributed by atoms with van der Waals surface area (Å²) in [7, 11) is 1.82. The molecule has 0 aliphatic carbocycles. The van der Waals surface area contributed by atoms with Crippen LogP contribution in [0, 0.1) is 0 Å². The summed E-state index contributed by atoms with van der Waals surface area (Å²) in [6.07, 6.45) is 2.61. The number of halogens is 1. The Balaban J connectivity index is 0.00000225. The normalized spacial score (nSPS) is 15.6. The van der Waals surface area contributed by atoms with Crippen LogP contribution in [-0.2, 0) is 6.54 Å². The van der Waals surface area contributed by atoms with E-state index in [0.29, 0.717) is 0 Å². The molecule has 1 aromatic carbocycles. The van der Waals surface area contributed by atoms with Gasteiger partial charge in [0.05, 0.1) is 12.6 Å². The molecule has 2 aromatic rings. The number of rotatable bonds is 5. The Labute approximate surface area is 171 Å². The van der Waals surface area contributed by atoms with Gasteiger partial charge in [-0.2, -0.15) is 0 Å². The standard InChI is InChI=1S/C19H26N4S.HI/c1-15(22-19(20-2)21-14-18-9-6-12-24-18)16-7-5-8-17(13-16)23-10-3-4-11-23;/h5-9,12-13,15H,3-4,10-11,14H2,1-2H3,(H2,20,21,22);1H. The smallest absolute Gasteiger partial charge is 0.191 e. The molecule has 0 amide bonds. The van der Waals surface area contributed by atoms with Crippen LogP contribution in [0.3, 0.4) is 0 Å². The summed E-state index contributed by atoms with van der Waals surface area (Å²) < 4.78 is 0. The van der Waals surface area contributed by atoms with Gasteiger partial charge in [-0.15, -0.1) is 35.3 Å². The molecule has 4 nitrogen and oxygen atoms in total. The quantitative estimate of drug-likeness (QED) is 0.387. The highest BCUT2D eigenvalue weighted by molar-refractivity contribution is 14.0. The zero-order valence-corrected chi connectivity index (χ0v) is 18.0. The largest absolute Gasteiger partial charge is 0.372 e. The molecule has 6 heteroatoms. The van der Waals surface area contributed by atoms with E-state index in [1.165, 1.54) is 42.1 Å². The van der Waals surface area contributed by atoms with E-state index in [-0.39, 0.29) is 30.0 Å². The van der Waals surface area contributed by atoms with Gasteiger partial charge in [-0.3, -0.25) is 4.99 Å². The van der Waals surface area contributed by atoms with Crippen LogP contribution in [0.5, 0.6) is 0 Å². The Kier molecular flexibility index (Phi) is 8.02. The van der Waals surface area contributed by atoms with Crippen molar-refractivity contribution in [1.29, 1.82) is 0 Å². The van der Waals surface area contributed by atoms with E-state index >= 15 is 0 Å². The molecule has 3 rings (SSSR count). The number of guanidine groups is 1. The minimum absolute atomic E-state index is 0. The molecule has 1 atom stereocenters. The summed E-state index contributed by atoms with van der Waals surface area (Å²) in [6, 6.07) is 13.3. The second-order valence-corrected chi connectivity index (χ2v) is 7.19. The van der Waals surface area contributed by atoms with Gasteiger partial charge in [-0.05, 0) is 48.9 Å². The Bertz CT molecular complexity index is 666. The molecule has 0 bridgehead atoms. The van der Waals surface area contributed by atoms with Crippen molar-refractivity contribution < 1.29 is 0 Å². The molecule has 1 unspecified atom stereocenters. The number of hydrogen-bond donors (Lipinski definition) is 2. The first-order chi connectivity index (χ1) is 11.8. The van der Waals surface area contributed by atoms with Gasteiger partial charge in [0.2, 0.25) is 0 Å². The lowest BCUT2D eigenvalue weighted by atomic mass is 10.1. The summed E-state index contributed by atoms with van der Waals surface area (Å²) in [4.78, 5) is 8.12. The van der Waals surface area contributed by atoms with E-state index in [1.54, 1.807) is 11.3 Å². The van der Waals surface area contributed by atoms with E-state index in [0.717, 1.165) is 12.5 Å². The zero-order chi connectivity index (χ0) is 16.8. The van der Waals surface area contributed by atoms with Crippen LogP contribution >= 0.6 is 35.3 Å². The highest BCUT2D eigenvalue weighted by Crippen LogP contribution is 2.23. The molecule has 1 saturated heterocycles. The molecule has 1 aliphatic heterocycles. The average Bonchev–Trinajstić information content (AvgIpc) is 3.32. The summed E-state index contributed by atoms with van der Waals surface area (Å²) in [5.41, 5.74) is 2.62. The fourth-order valence-corrected chi connectivity index (χ4v) is 3.68. The van der Waals surface area contributed by atoms with Crippen molar-refractivity contribution in [2.75, 3.05) is 25.0 Å². The maximum Gasteiger partial charge on any atom is 0.191 e. The zero-order valence-electron chi connectivity index (χ0n) is 14.9. The maximum atomic E-state index is 4.34. The predicted octanol–water partition coefficient (Wildman–Crippen LogP) is 4.39. The van der Waals surface area contributed by atoms with Crippen LogP contribution in [0.15, 0.2) is 46.8 Å². The van der Waals surface area contributed by atoms with Crippen molar-refractivity contribution in [2.45, 2.75) is 32.4 Å². The topological polar surface area (TPSA) is 39.7 Å². The van der Waals surface area contributed by atoms with Crippen LogP contribution in [0.4, 0.5) is 5.69 Å². The number of benzene rings is 1. The molecule has 136 valence electrons. The number of thiophene rings is 1. The molecular formula is C19H27IN4S. The fraction of sp³-hybridized carbons (Fsp3) is 0.421. The van der Waals surface area contributed by atoms with Gasteiger partial charge in [0.25, 0.3) is 0 Å². The van der Waals surface area contributed by atoms with Crippen LogP contribution in [-0.4, -0.2) is 26.1 Å². The van der Waals surface area contributed by atoms with Crippen LogP contribution < -0.4 is 15.5 Å². The maximum absolute atomic E-state index is 4.34. The first-order valence-electron chi connectivity index (χ1n) is 8.61. The second kappa shape index (κ2) is 10.0. The molecule has 1 aliphatic rings. The first kappa shape index (κ1) is 20.0. The van der Waals surface area contributed by atoms with E-state index < -0.39 is 0 Å². The lowest BCUT2D eigenvalue weighted by Gasteiger charge is -2.22. The molecule has 1 aromatic heterocycles. The van der Waals surface area contributed by atoms with Gasteiger partial charge in [-0.25, -0.2) is 0 Å². The average molecular weight is 470 g/mol. The monoisotopic (exact) mass is 470 g/mol. The third-order valence-electron chi connectivity index (χ3n) is 4.43. The minimum atomic E-state index is 0. The molecule has 2 heterocycles. The molecule has 2 N–H and O–H groups in total. The number of aliphatic imine (C=N–C) groups is 1. The van der Waals surface area contributed by atoms with Gasteiger partial charge < -0.3 is 15.5 Å². The summed E-state index contributed by atoms with van der Waals surface area (Å²) in [5.74, 6) is 0.836. The third-order valence-corrected chi connectivity index (χ3v) is 5.30. The predicted molar refractivity (Wildman–Crippen MR) is 119 cm³/mol. The number of nitrogens with one attached hydrogen (secondary N) is 2. The SMILES string of the molecule is CN=C(NCc1cccs1)NC(C)c1cccc(N2CCCC2)c1.I. The molecule has 0 spiro atoms. The lowest BCUT2D eigenvalue weighted by molar-refractivity contribution is 0.686. The van der Waals surface area contributed by atoms with Crippen LogP contribution in [0.2, 0.25) is 0 Å². The third kappa shape index (κ3) is 5.60. The van der Waals surface area contributed by atoms with Crippen molar-refractivity contribution in [2.24, 2.45) is 4.99 Å². The Morgan fingerprint density at radius 2 is 2.04 bits per heavy atom. The number of anilines is 1. The highest BCUT2D eigenvalue weighted by atomic mass is 127. The molecule has 0 saturated carbocycles. The van der Waals surface area contributed by atoms with Gasteiger partial charge >= 0.3 is 0 Å². The molecular weight excluding hydrogens is 443 g/mol. The fourth-order valence-electron chi connectivity index (χ4n) is 3.03. The van der Waals surface area contributed by atoms with Crippen molar-refractivity contribution in [3.05, 3.63) is 52.2 Å². The van der Waals surface area contributed by atoms with Crippen molar-refractivity contribution >= 4 is 47.0 Å². The van der Waals surface area contributed by atoms with Crippen molar-refractivity contribution in [1.82, 2.24) is 10.6 Å². The Hall–Kier alpha value is -1.28. The van der Waals surface area contributed by atoms with E-state index in [2.05, 4.69) is 69.2 Å². The summed E-state index contributed by atoms with van der Waals surface area (Å²) >= 11 is 1.76. The van der Waals surface area contributed by atoms with Crippen LogP contribution in [0.1, 0.15) is 36.2 Å². The molecule has 25 heavy (non-hydrogen) atoms. The van der Waals surface area contributed by atoms with E-state index in [4.69, 9.17) is 0 Å². The molecule has 0 radical (unpaired) electrons. The van der Waals surface area contributed by atoms with Gasteiger partial charge in [0.15, 0.2) is 5.96 Å². The van der Waals surface area contributed by atoms with E-state index in [9.17, 15) is 0 Å². The van der Waals surface area contributed by atoms with Crippen molar-refractivity contribution in [3.8, 4) is 0 Å². The van der Waals surface area contributed by atoms with Gasteiger partial charge in [0, 0.05) is 30.7 Å². The second-order valence-electron chi connectivity index (χ2n) is 6.16. The summed E-state index contributed by atoms with van der Waals surface area (Å²) in [5, 5.41) is 8.97. The van der Waals surface area contributed by atoms with Gasteiger partial charge in [0.1, 0.15) is 0 Å². The first-order valence-corrected chi connectivity index (χ1v) is 9.48. The lowest BCUT2D eigenvalue weighted by Crippen LogP contribution is -2.38.